The molecule has 0 bridgehead atoms. The maximum Gasteiger partial charge on any atom is 0.314 e. The van der Waals surface area contributed by atoms with E-state index in [-0.39, 0.29) is 24.2 Å². The molecular weight excluding hydrogens is 480 g/mol. The summed E-state index contributed by atoms with van der Waals surface area (Å²) in [6.45, 7) is 9.03. The van der Waals surface area contributed by atoms with Crippen LogP contribution in [0.25, 0.3) is 11.5 Å². The molecule has 1 aromatic carbocycles. The van der Waals surface area contributed by atoms with Crippen LogP contribution in [0, 0.1) is 0 Å². The Kier molecular flexibility index (Phi) is 6.61. The normalized spacial score (nSPS) is 18.5. The maximum absolute atomic E-state index is 13.5. The summed E-state index contributed by atoms with van der Waals surface area (Å²) in [7, 11) is 0. The molecule has 2 aromatic heterocycles. The van der Waals surface area contributed by atoms with Gasteiger partial charge in [0.15, 0.2) is 0 Å². The van der Waals surface area contributed by atoms with Gasteiger partial charge in [-0.1, -0.05) is 19.1 Å². The van der Waals surface area contributed by atoms with Gasteiger partial charge in [-0.15, -0.1) is 10.2 Å². The lowest BCUT2D eigenvalue weighted by atomic mass is 9.75. The molecule has 194 valence electrons. The van der Waals surface area contributed by atoms with E-state index in [0.29, 0.717) is 22.7 Å². The van der Waals surface area contributed by atoms with E-state index in [0.717, 1.165) is 38.0 Å². The summed E-state index contributed by atoms with van der Waals surface area (Å²) in [5, 5.41) is 6.93. The standard InChI is InChI=1S/C27H29F2N5O3/c1-4-33-11-9-16(10-12-33)17-6-8-20-21(13-17)27(2,3)26(36)34(25(20)35)15-19-7-5-18(14-30-19)23-31-32-24(37-23)22(28)29/h5-8,13-14,16,22H,4,9-12,15H2,1-3H3. The Balaban J connectivity index is 1.36. The molecule has 0 aliphatic carbocycles. The van der Waals surface area contributed by atoms with E-state index in [1.165, 1.54) is 16.7 Å². The first kappa shape index (κ1) is 25.1. The molecule has 0 atom stereocenters. The Hall–Kier alpha value is -3.53. The van der Waals surface area contributed by atoms with Crippen LogP contribution in [0.2, 0.25) is 0 Å². The second-order valence-electron chi connectivity index (χ2n) is 10.1. The highest BCUT2D eigenvalue weighted by Gasteiger charge is 2.44. The van der Waals surface area contributed by atoms with Crippen LogP contribution in [-0.2, 0) is 16.8 Å². The summed E-state index contributed by atoms with van der Waals surface area (Å²) in [4.78, 5) is 34.9. The predicted octanol–water partition coefficient (Wildman–Crippen LogP) is 4.73. The number of carbonyl (C=O) groups is 2. The monoisotopic (exact) mass is 509 g/mol. The molecule has 0 unspecified atom stereocenters. The molecule has 0 N–H and O–H groups in total. The number of aromatic nitrogens is 3. The summed E-state index contributed by atoms with van der Waals surface area (Å²) >= 11 is 0. The van der Waals surface area contributed by atoms with Gasteiger partial charge in [-0.2, -0.15) is 8.78 Å². The lowest BCUT2D eigenvalue weighted by Crippen LogP contribution is -2.51. The van der Waals surface area contributed by atoms with Gasteiger partial charge < -0.3 is 9.32 Å². The molecule has 0 radical (unpaired) electrons. The van der Waals surface area contributed by atoms with Crippen molar-refractivity contribution in [3.63, 3.8) is 0 Å². The zero-order valence-electron chi connectivity index (χ0n) is 21.1. The highest BCUT2D eigenvalue weighted by atomic mass is 19.3. The lowest BCUT2D eigenvalue weighted by Gasteiger charge is -2.38. The highest BCUT2D eigenvalue weighted by molar-refractivity contribution is 6.12. The molecule has 3 aromatic rings. The number of hydrogen-bond acceptors (Lipinski definition) is 7. The van der Waals surface area contributed by atoms with Crippen molar-refractivity contribution >= 4 is 11.8 Å². The molecule has 1 saturated heterocycles. The number of rotatable bonds is 6. The predicted molar refractivity (Wildman–Crippen MR) is 131 cm³/mol. The van der Waals surface area contributed by atoms with E-state index in [4.69, 9.17) is 4.42 Å². The summed E-state index contributed by atoms with van der Waals surface area (Å²) in [6.07, 6.45) is 0.665. The molecular formula is C27H29F2N5O3. The Labute approximate surface area is 213 Å². The van der Waals surface area contributed by atoms with Crippen molar-refractivity contribution in [2.24, 2.45) is 0 Å². The smallest absolute Gasteiger partial charge is 0.314 e. The van der Waals surface area contributed by atoms with Gasteiger partial charge in [-0.25, -0.2) is 0 Å². The largest absolute Gasteiger partial charge is 0.415 e. The number of benzene rings is 1. The van der Waals surface area contributed by atoms with Crippen molar-refractivity contribution in [2.75, 3.05) is 19.6 Å². The van der Waals surface area contributed by atoms with Gasteiger partial charge in [0.05, 0.1) is 23.2 Å². The number of hydrogen-bond donors (Lipinski definition) is 0. The van der Waals surface area contributed by atoms with Crippen molar-refractivity contribution in [3.8, 4) is 11.5 Å². The van der Waals surface area contributed by atoms with Gasteiger partial charge >= 0.3 is 6.43 Å². The van der Waals surface area contributed by atoms with Crippen LogP contribution in [0.3, 0.4) is 0 Å². The van der Waals surface area contributed by atoms with Gasteiger partial charge in [0, 0.05) is 11.8 Å². The Morgan fingerprint density at radius 3 is 2.49 bits per heavy atom. The first-order valence-electron chi connectivity index (χ1n) is 12.5. The van der Waals surface area contributed by atoms with Crippen LogP contribution in [0.4, 0.5) is 8.78 Å². The second kappa shape index (κ2) is 9.74. The van der Waals surface area contributed by atoms with Gasteiger partial charge in [-0.3, -0.25) is 19.5 Å². The van der Waals surface area contributed by atoms with Crippen LogP contribution in [-0.4, -0.2) is 56.4 Å². The van der Waals surface area contributed by atoms with Crippen LogP contribution in [0.15, 0.2) is 40.9 Å². The number of piperidine rings is 1. The SMILES string of the molecule is CCN1CCC(c2ccc3c(c2)C(C)(C)C(=O)N(Cc2ccc(-c4nnc(C(F)F)o4)cn2)C3=O)CC1. The minimum atomic E-state index is -2.86. The van der Waals surface area contributed by atoms with Crippen LogP contribution in [0.5, 0.6) is 0 Å². The quantitative estimate of drug-likeness (QED) is 0.444. The molecule has 37 heavy (non-hydrogen) atoms. The van der Waals surface area contributed by atoms with Crippen molar-refractivity contribution in [1.29, 1.82) is 0 Å². The zero-order chi connectivity index (χ0) is 26.3. The van der Waals surface area contributed by atoms with Gasteiger partial charge in [0.25, 0.3) is 11.8 Å². The fourth-order valence-electron chi connectivity index (χ4n) is 5.18. The summed E-state index contributed by atoms with van der Waals surface area (Å²) in [6, 6.07) is 9.13. The average molecular weight is 510 g/mol. The molecule has 0 spiro atoms. The van der Waals surface area contributed by atoms with E-state index >= 15 is 0 Å². The number of amides is 2. The molecule has 0 saturated carbocycles. The van der Waals surface area contributed by atoms with Crippen molar-refractivity contribution in [1.82, 2.24) is 25.0 Å². The van der Waals surface area contributed by atoms with Crippen LogP contribution in [0.1, 0.15) is 79.0 Å². The third-order valence-corrected chi connectivity index (χ3v) is 7.50. The van der Waals surface area contributed by atoms with Crippen LogP contribution < -0.4 is 0 Å². The van der Waals surface area contributed by atoms with Crippen molar-refractivity contribution < 1.29 is 22.8 Å². The first-order chi connectivity index (χ1) is 17.7. The van der Waals surface area contributed by atoms with E-state index in [1.807, 2.05) is 26.0 Å². The first-order valence-corrected chi connectivity index (χ1v) is 12.5. The summed E-state index contributed by atoms with van der Waals surface area (Å²) in [5.74, 6) is -1.06. The summed E-state index contributed by atoms with van der Waals surface area (Å²) < 4.78 is 30.4. The second-order valence-corrected chi connectivity index (χ2v) is 10.1. The number of likely N-dealkylation sites (tertiary alicyclic amines) is 1. The van der Waals surface area contributed by atoms with Gasteiger partial charge in [0.2, 0.25) is 11.8 Å². The molecule has 2 aliphatic heterocycles. The topological polar surface area (TPSA) is 92.4 Å². The van der Waals surface area contributed by atoms with Gasteiger partial charge in [0.1, 0.15) is 0 Å². The van der Waals surface area contributed by atoms with E-state index in [1.54, 1.807) is 12.1 Å². The van der Waals surface area contributed by atoms with E-state index < -0.39 is 17.7 Å². The molecule has 10 heteroatoms. The molecule has 1 fully saturated rings. The number of halogens is 2. The van der Waals surface area contributed by atoms with E-state index in [9.17, 15) is 18.4 Å². The number of fused-ring (bicyclic) bond motifs is 1. The van der Waals surface area contributed by atoms with Gasteiger partial charge in [-0.05, 0) is 81.6 Å². The van der Waals surface area contributed by atoms with E-state index in [2.05, 4.69) is 33.1 Å². The number of alkyl halides is 2. The lowest BCUT2D eigenvalue weighted by molar-refractivity contribution is -0.134. The molecule has 2 aliphatic rings. The van der Waals surface area contributed by atoms with Crippen molar-refractivity contribution in [2.45, 2.75) is 57.9 Å². The van der Waals surface area contributed by atoms with Crippen molar-refractivity contribution in [3.05, 3.63) is 64.8 Å². The Morgan fingerprint density at radius 1 is 1.11 bits per heavy atom. The third-order valence-electron chi connectivity index (χ3n) is 7.50. The minimum absolute atomic E-state index is 0.00976. The Bertz CT molecular complexity index is 1310. The number of imide groups is 1. The highest BCUT2D eigenvalue weighted by Crippen LogP contribution is 2.38. The number of nitrogens with zero attached hydrogens (tertiary/aromatic N) is 5. The number of carbonyl (C=O) groups excluding carboxylic acids is 2. The van der Waals surface area contributed by atoms with Crippen LogP contribution >= 0.6 is 0 Å². The maximum atomic E-state index is 13.5. The fourth-order valence-corrected chi connectivity index (χ4v) is 5.18. The summed E-state index contributed by atoms with van der Waals surface area (Å²) in [5.41, 5.74) is 2.44. The number of pyridine rings is 1. The molecule has 5 rings (SSSR count). The minimum Gasteiger partial charge on any atom is -0.415 e. The molecule has 2 amide bonds. The Morgan fingerprint density at radius 2 is 1.86 bits per heavy atom. The zero-order valence-corrected chi connectivity index (χ0v) is 21.1. The third kappa shape index (κ3) is 4.66. The molecule has 4 heterocycles. The average Bonchev–Trinajstić information content (AvgIpc) is 3.41. The fraction of sp³-hybridized carbons (Fsp3) is 0.444. The molecule has 8 nitrogen and oxygen atoms in total.